The predicted octanol–water partition coefficient (Wildman–Crippen LogP) is 2.85. The van der Waals surface area contributed by atoms with Gasteiger partial charge < -0.3 is 10.2 Å². The van der Waals surface area contributed by atoms with Gasteiger partial charge in [-0.1, -0.05) is 13.8 Å². The largest absolute Gasteiger partial charge is 0.417 e. The van der Waals surface area contributed by atoms with E-state index in [0.717, 1.165) is 31.8 Å². The summed E-state index contributed by atoms with van der Waals surface area (Å²) in [5.41, 5.74) is 0.288. The molecule has 2 aromatic heterocycles. The van der Waals surface area contributed by atoms with Crippen LogP contribution < -0.4 is 5.32 Å². The van der Waals surface area contributed by atoms with Crippen LogP contribution in [-0.4, -0.2) is 51.8 Å². The fraction of sp³-hybridized carbons (Fsp3) is 0.500. The number of carbonyl (C=O) groups is 1. The summed E-state index contributed by atoms with van der Waals surface area (Å²) in [4.78, 5) is 18.7. The quantitative estimate of drug-likeness (QED) is 0.888. The number of hydrogen-bond acceptors (Lipinski definition) is 4. The predicted molar refractivity (Wildman–Crippen MR) is 93.8 cm³/mol. The van der Waals surface area contributed by atoms with Crippen molar-refractivity contribution in [2.75, 3.05) is 26.2 Å². The molecule has 2 aromatic rings. The number of rotatable bonds is 3. The van der Waals surface area contributed by atoms with Gasteiger partial charge in [0, 0.05) is 25.8 Å². The van der Waals surface area contributed by atoms with Crippen molar-refractivity contribution in [1.29, 1.82) is 0 Å². The minimum absolute atomic E-state index is 0.0550. The van der Waals surface area contributed by atoms with Crippen molar-refractivity contribution in [3.63, 3.8) is 0 Å². The fourth-order valence-corrected chi connectivity index (χ4v) is 3.16. The van der Waals surface area contributed by atoms with Crippen LogP contribution in [0.4, 0.5) is 13.2 Å². The summed E-state index contributed by atoms with van der Waals surface area (Å²) in [6, 6.07) is 2.24. The number of hydrogen-bond donors (Lipinski definition) is 1. The van der Waals surface area contributed by atoms with E-state index in [-0.39, 0.29) is 17.6 Å². The van der Waals surface area contributed by atoms with Crippen LogP contribution in [0.1, 0.15) is 47.8 Å². The first-order valence-corrected chi connectivity index (χ1v) is 8.90. The Kier molecular flexibility index (Phi) is 5.50. The van der Waals surface area contributed by atoms with E-state index in [1.165, 1.54) is 16.9 Å². The average Bonchev–Trinajstić information content (AvgIpc) is 2.89. The summed E-state index contributed by atoms with van der Waals surface area (Å²) in [7, 11) is 0. The van der Waals surface area contributed by atoms with Gasteiger partial charge in [0.25, 0.3) is 5.91 Å². The average molecular weight is 381 g/mol. The van der Waals surface area contributed by atoms with Gasteiger partial charge in [-0.25, -0.2) is 9.67 Å². The topological polar surface area (TPSA) is 63.1 Å². The molecule has 0 spiro atoms. The van der Waals surface area contributed by atoms with Gasteiger partial charge in [0.15, 0.2) is 5.82 Å². The van der Waals surface area contributed by atoms with Gasteiger partial charge in [0.05, 0.1) is 23.0 Å². The number of pyridine rings is 1. The fourth-order valence-electron chi connectivity index (χ4n) is 3.16. The molecule has 0 bridgehead atoms. The van der Waals surface area contributed by atoms with Crippen LogP contribution in [0.2, 0.25) is 0 Å². The second kappa shape index (κ2) is 7.67. The van der Waals surface area contributed by atoms with E-state index in [1.807, 2.05) is 13.8 Å². The van der Waals surface area contributed by atoms with Gasteiger partial charge in [-0.3, -0.25) is 4.79 Å². The molecule has 1 aliphatic rings. The summed E-state index contributed by atoms with van der Waals surface area (Å²) >= 11 is 0. The molecule has 0 unspecified atom stereocenters. The molecule has 1 amide bonds. The van der Waals surface area contributed by atoms with Crippen LogP contribution >= 0.6 is 0 Å². The molecule has 0 radical (unpaired) electrons. The van der Waals surface area contributed by atoms with E-state index in [1.54, 1.807) is 4.90 Å². The minimum atomic E-state index is -4.45. The Balaban J connectivity index is 1.94. The Morgan fingerprint density at radius 1 is 1.19 bits per heavy atom. The molecule has 1 fully saturated rings. The molecule has 1 aliphatic heterocycles. The van der Waals surface area contributed by atoms with Gasteiger partial charge in [0.1, 0.15) is 0 Å². The molecule has 6 nitrogen and oxygen atoms in total. The minimum Gasteiger partial charge on any atom is -0.337 e. The molecule has 146 valence electrons. The lowest BCUT2D eigenvalue weighted by molar-refractivity contribution is -0.137. The van der Waals surface area contributed by atoms with E-state index in [4.69, 9.17) is 0 Å². The molecule has 0 saturated carbocycles. The first-order valence-electron chi connectivity index (χ1n) is 8.90. The van der Waals surface area contributed by atoms with Crippen molar-refractivity contribution >= 4 is 5.91 Å². The number of carbonyl (C=O) groups excluding carboxylic acids is 1. The summed E-state index contributed by atoms with van der Waals surface area (Å²) in [6.45, 7) is 6.71. The molecular formula is C18H22F3N5O. The second-order valence-corrected chi connectivity index (χ2v) is 6.81. The van der Waals surface area contributed by atoms with Crippen molar-refractivity contribution < 1.29 is 18.0 Å². The van der Waals surface area contributed by atoms with Crippen LogP contribution in [0.25, 0.3) is 5.82 Å². The number of nitrogens with one attached hydrogen (secondary N) is 1. The molecule has 0 atom stereocenters. The van der Waals surface area contributed by atoms with Crippen LogP contribution in [0.5, 0.6) is 0 Å². The van der Waals surface area contributed by atoms with Crippen LogP contribution in [-0.2, 0) is 6.18 Å². The molecule has 0 aromatic carbocycles. The Morgan fingerprint density at radius 2 is 1.96 bits per heavy atom. The van der Waals surface area contributed by atoms with Gasteiger partial charge in [-0.15, -0.1) is 0 Å². The molecule has 1 N–H and O–H groups in total. The molecule has 0 aliphatic carbocycles. The molecule has 3 rings (SSSR count). The van der Waals surface area contributed by atoms with Gasteiger partial charge in [-0.05, 0) is 31.0 Å². The summed E-state index contributed by atoms with van der Waals surface area (Å²) in [5, 5.41) is 7.50. The third-order valence-corrected chi connectivity index (χ3v) is 4.50. The number of halogens is 3. The SMILES string of the molecule is CC(C)c1c(C(=O)N2CCCNCC2)cnn1-c1ccc(C(F)(F)F)cn1. The summed E-state index contributed by atoms with van der Waals surface area (Å²) in [5.74, 6) is 0.0875. The number of aromatic nitrogens is 3. The van der Waals surface area contributed by atoms with Gasteiger partial charge >= 0.3 is 6.18 Å². The highest BCUT2D eigenvalue weighted by Crippen LogP contribution is 2.29. The maximum atomic E-state index is 13.0. The zero-order valence-electron chi connectivity index (χ0n) is 15.3. The Hall–Kier alpha value is -2.42. The third-order valence-electron chi connectivity index (χ3n) is 4.50. The lowest BCUT2D eigenvalue weighted by Gasteiger charge is -2.21. The van der Waals surface area contributed by atoms with Crippen molar-refractivity contribution in [1.82, 2.24) is 25.0 Å². The Labute approximate surface area is 155 Å². The second-order valence-electron chi connectivity index (χ2n) is 6.81. The molecule has 27 heavy (non-hydrogen) atoms. The smallest absolute Gasteiger partial charge is 0.337 e. The molecular weight excluding hydrogens is 359 g/mol. The highest BCUT2D eigenvalue weighted by Gasteiger charge is 2.31. The zero-order chi connectivity index (χ0) is 19.6. The lowest BCUT2D eigenvalue weighted by atomic mass is 10.0. The first-order chi connectivity index (χ1) is 12.8. The normalized spacial score (nSPS) is 15.9. The standard InChI is InChI=1S/C18H22F3N5O/c1-12(2)16-14(17(27)25-8-3-6-22-7-9-25)11-24-26(16)15-5-4-13(10-23-15)18(19,20)21/h4-5,10-12,22H,3,6-9H2,1-2H3. The van der Waals surface area contributed by atoms with E-state index < -0.39 is 11.7 Å². The number of nitrogens with zero attached hydrogens (tertiary/aromatic N) is 4. The van der Waals surface area contributed by atoms with E-state index in [0.29, 0.717) is 24.3 Å². The van der Waals surface area contributed by atoms with Crippen molar-refractivity contribution in [3.05, 3.63) is 41.3 Å². The van der Waals surface area contributed by atoms with Gasteiger partial charge in [-0.2, -0.15) is 18.3 Å². The Morgan fingerprint density at radius 3 is 2.59 bits per heavy atom. The highest BCUT2D eigenvalue weighted by atomic mass is 19.4. The molecule has 1 saturated heterocycles. The lowest BCUT2D eigenvalue weighted by Crippen LogP contribution is -2.34. The highest BCUT2D eigenvalue weighted by molar-refractivity contribution is 5.95. The van der Waals surface area contributed by atoms with Crippen LogP contribution in [0.15, 0.2) is 24.5 Å². The Bertz CT molecular complexity index is 790. The molecule has 9 heteroatoms. The maximum absolute atomic E-state index is 13.0. The maximum Gasteiger partial charge on any atom is 0.417 e. The number of amides is 1. The van der Waals surface area contributed by atoms with Gasteiger partial charge in [0.2, 0.25) is 0 Å². The number of alkyl halides is 3. The van der Waals surface area contributed by atoms with Crippen molar-refractivity contribution in [2.24, 2.45) is 0 Å². The monoisotopic (exact) mass is 381 g/mol. The van der Waals surface area contributed by atoms with E-state index in [9.17, 15) is 18.0 Å². The zero-order valence-corrected chi connectivity index (χ0v) is 15.3. The van der Waals surface area contributed by atoms with Crippen molar-refractivity contribution in [3.8, 4) is 5.82 Å². The van der Waals surface area contributed by atoms with Crippen molar-refractivity contribution in [2.45, 2.75) is 32.4 Å². The molecule has 3 heterocycles. The van der Waals surface area contributed by atoms with E-state index in [2.05, 4.69) is 15.4 Å². The summed E-state index contributed by atoms with van der Waals surface area (Å²) < 4.78 is 39.7. The van der Waals surface area contributed by atoms with Crippen LogP contribution in [0.3, 0.4) is 0 Å². The summed E-state index contributed by atoms with van der Waals surface area (Å²) in [6.07, 6.45) is -1.31. The van der Waals surface area contributed by atoms with E-state index >= 15 is 0 Å². The van der Waals surface area contributed by atoms with Crippen LogP contribution in [0, 0.1) is 0 Å². The first kappa shape index (κ1) is 19.3. The third kappa shape index (κ3) is 4.13.